The Morgan fingerprint density at radius 2 is 2.25 bits per heavy atom. The van der Waals surface area contributed by atoms with Gasteiger partial charge in [0, 0.05) is 10.5 Å². The summed E-state index contributed by atoms with van der Waals surface area (Å²) in [6.07, 6.45) is 2.71. The van der Waals surface area contributed by atoms with Crippen LogP contribution in [0.2, 0.25) is 0 Å². The largest absolute Gasteiger partial charge is 0.497 e. The Kier molecular flexibility index (Phi) is 5.51. The number of aryl methyl sites for hydroxylation is 1. The van der Waals surface area contributed by atoms with Crippen LogP contribution in [0.15, 0.2) is 22.7 Å². The van der Waals surface area contributed by atoms with Crippen molar-refractivity contribution in [2.24, 2.45) is 5.73 Å². The van der Waals surface area contributed by atoms with Crippen LogP contribution >= 0.6 is 27.5 Å². The molecule has 6 heteroatoms. The molecule has 108 valence electrons. The van der Waals surface area contributed by atoms with E-state index >= 15 is 0 Å². The van der Waals surface area contributed by atoms with Crippen molar-refractivity contribution < 1.29 is 4.74 Å². The number of nitrogens with two attached hydrogens (primary N) is 1. The molecule has 4 nitrogen and oxygen atoms in total. The quantitative estimate of drug-likeness (QED) is 0.861. The third kappa shape index (κ3) is 3.56. The van der Waals surface area contributed by atoms with E-state index in [1.165, 1.54) is 11.5 Å². The molecule has 0 spiro atoms. The molecule has 0 fully saturated rings. The summed E-state index contributed by atoms with van der Waals surface area (Å²) >= 11 is 4.96. The highest BCUT2D eigenvalue weighted by Crippen LogP contribution is 2.28. The van der Waals surface area contributed by atoms with Gasteiger partial charge >= 0.3 is 0 Å². The lowest BCUT2D eigenvalue weighted by Crippen LogP contribution is -2.14. The normalized spacial score (nSPS) is 12.4. The number of hydrogen-bond acceptors (Lipinski definition) is 5. The van der Waals surface area contributed by atoms with Gasteiger partial charge in [-0.25, -0.2) is 0 Å². The van der Waals surface area contributed by atoms with E-state index in [4.69, 9.17) is 10.5 Å². The minimum absolute atomic E-state index is 0.0834. The van der Waals surface area contributed by atoms with Crippen molar-refractivity contribution in [3.05, 3.63) is 38.8 Å². The van der Waals surface area contributed by atoms with Crippen LogP contribution < -0.4 is 10.5 Å². The lowest BCUT2D eigenvalue weighted by atomic mass is 10.0. The van der Waals surface area contributed by atoms with Gasteiger partial charge in [0.1, 0.15) is 5.75 Å². The van der Waals surface area contributed by atoms with E-state index < -0.39 is 0 Å². The summed E-state index contributed by atoms with van der Waals surface area (Å²) in [6, 6.07) is 5.84. The Labute approximate surface area is 131 Å². The van der Waals surface area contributed by atoms with Crippen LogP contribution in [0.1, 0.15) is 35.5 Å². The maximum atomic E-state index is 6.33. The summed E-state index contributed by atoms with van der Waals surface area (Å²) in [7, 11) is 1.67. The van der Waals surface area contributed by atoms with Crippen molar-refractivity contribution in [3.8, 4) is 5.75 Å². The molecule has 0 radical (unpaired) electrons. The number of hydrogen-bond donors (Lipinski definition) is 1. The molecule has 0 amide bonds. The van der Waals surface area contributed by atoms with Crippen molar-refractivity contribution in [1.82, 2.24) is 9.59 Å². The van der Waals surface area contributed by atoms with Gasteiger partial charge in [0.05, 0.1) is 17.7 Å². The first-order chi connectivity index (χ1) is 9.65. The fourth-order valence-corrected chi connectivity index (χ4v) is 3.17. The molecule has 0 saturated heterocycles. The van der Waals surface area contributed by atoms with Crippen molar-refractivity contribution >= 4 is 27.5 Å². The Balaban J connectivity index is 2.18. The first-order valence-electron chi connectivity index (χ1n) is 6.54. The van der Waals surface area contributed by atoms with Crippen LogP contribution in [0.3, 0.4) is 0 Å². The Hall–Kier alpha value is -0.980. The topological polar surface area (TPSA) is 61.0 Å². The SMILES string of the molecule is CCCc1nnsc1C(N)Cc1cc(OC)ccc1Br. The van der Waals surface area contributed by atoms with Gasteiger partial charge in [-0.15, -0.1) is 5.10 Å². The first kappa shape index (κ1) is 15.4. The highest BCUT2D eigenvalue weighted by Gasteiger charge is 2.17. The van der Waals surface area contributed by atoms with E-state index in [0.717, 1.165) is 45.6 Å². The van der Waals surface area contributed by atoms with Gasteiger partial charge in [0.25, 0.3) is 0 Å². The number of halogens is 1. The molecular weight excluding hydrogens is 338 g/mol. The fourth-order valence-electron chi connectivity index (χ4n) is 2.07. The summed E-state index contributed by atoms with van der Waals surface area (Å²) in [5.41, 5.74) is 8.50. The van der Waals surface area contributed by atoms with Crippen molar-refractivity contribution in [3.63, 3.8) is 0 Å². The third-order valence-corrected chi connectivity index (χ3v) is 4.77. The average molecular weight is 356 g/mol. The minimum Gasteiger partial charge on any atom is -0.497 e. The van der Waals surface area contributed by atoms with E-state index in [1.54, 1.807) is 7.11 Å². The first-order valence-corrected chi connectivity index (χ1v) is 8.11. The zero-order chi connectivity index (χ0) is 14.5. The summed E-state index contributed by atoms with van der Waals surface area (Å²) in [4.78, 5) is 1.08. The summed E-state index contributed by atoms with van der Waals surface area (Å²) < 4.78 is 10.3. The molecule has 2 rings (SSSR count). The van der Waals surface area contributed by atoms with Crippen molar-refractivity contribution in [1.29, 1.82) is 0 Å². The maximum absolute atomic E-state index is 6.33. The molecule has 2 aromatic rings. The Morgan fingerprint density at radius 1 is 1.45 bits per heavy atom. The highest BCUT2D eigenvalue weighted by atomic mass is 79.9. The zero-order valence-electron chi connectivity index (χ0n) is 11.6. The highest BCUT2D eigenvalue weighted by molar-refractivity contribution is 9.10. The van der Waals surface area contributed by atoms with Gasteiger partial charge in [-0.2, -0.15) is 0 Å². The van der Waals surface area contributed by atoms with E-state index in [-0.39, 0.29) is 6.04 Å². The van der Waals surface area contributed by atoms with E-state index in [1.807, 2.05) is 18.2 Å². The molecule has 1 aromatic carbocycles. The summed E-state index contributed by atoms with van der Waals surface area (Å²) in [5, 5.41) is 4.18. The van der Waals surface area contributed by atoms with Crippen LogP contribution in [0.5, 0.6) is 5.75 Å². The van der Waals surface area contributed by atoms with Gasteiger partial charge in [-0.05, 0) is 48.1 Å². The lowest BCUT2D eigenvalue weighted by molar-refractivity contribution is 0.414. The monoisotopic (exact) mass is 355 g/mol. The third-order valence-electron chi connectivity index (χ3n) is 3.10. The van der Waals surface area contributed by atoms with E-state index in [0.29, 0.717) is 0 Å². The van der Waals surface area contributed by atoms with Crippen molar-refractivity contribution in [2.45, 2.75) is 32.2 Å². The number of nitrogens with zero attached hydrogens (tertiary/aromatic N) is 2. The standard InChI is InChI=1S/C14H18BrN3OS/c1-3-4-13-14(20-18-17-13)12(16)8-9-7-10(19-2)5-6-11(9)15/h5-7,12H,3-4,8,16H2,1-2H3. The average Bonchev–Trinajstić information content (AvgIpc) is 2.90. The fraction of sp³-hybridized carbons (Fsp3) is 0.429. The maximum Gasteiger partial charge on any atom is 0.119 e. The molecule has 0 saturated carbocycles. The van der Waals surface area contributed by atoms with Crippen LogP contribution in [-0.2, 0) is 12.8 Å². The van der Waals surface area contributed by atoms with Gasteiger partial charge < -0.3 is 10.5 Å². The molecule has 0 aliphatic heterocycles. The van der Waals surface area contributed by atoms with Crippen LogP contribution in [-0.4, -0.2) is 16.7 Å². The number of rotatable bonds is 6. The molecule has 0 bridgehead atoms. The second-order valence-corrected chi connectivity index (χ2v) is 6.24. The molecule has 20 heavy (non-hydrogen) atoms. The Morgan fingerprint density at radius 3 is 2.95 bits per heavy atom. The van der Waals surface area contributed by atoms with Crippen LogP contribution in [0, 0.1) is 0 Å². The molecular formula is C14H18BrN3OS. The number of ether oxygens (including phenoxy) is 1. The van der Waals surface area contributed by atoms with E-state index in [2.05, 4.69) is 32.4 Å². The predicted molar refractivity (Wildman–Crippen MR) is 85.2 cm³/mol. The van der Waals surface area contributed by atoms with Crippen molar-refractivity contribution in [2.75, 3.05) is 7.11 Å². The summed E-state index contributed by atoms with van der Waals surface area (Å²) in [5.74, 6) is 0.839. The molecule has 1 atom stereocenters. The smallest absolute Gasteiger partial charge is 0.119 e. The van der Waals surface area contributed by atoms with Gasteiger partial charge in [0.15, 0.2) is 0 Å². The number of benzene rings is 1. The molecule has 1 heterocycles. The lowest BCUT2D eigenvalue weighted by Gasteiger charge is -2.13. The molecule has 0 aliphatic rings. The second kappa shape index (κ2) is 7.15. The molecule has 2 N–H and O–H groups in total. The van der Waals surface area contributed by atoms with Crippen LogP contribution in [0.25, 0.3) is 0 Å². The number of methoxy groups -OCH3 is 1. The predicted octanol–water partition coefficient (Wildman–Crippen LogP) is 3.50. The minimum atomic E-state index is -0.0834. The number of aromatic nitrogens is 2. The van der Waals surface area contributed by atoms with Crippen LogP contribution in [0.4, 0.5) is 0 Å². The van der Waals surface area contributed by atoms with E-state index in [9.17, 15) is 0 Å². The second-order valence-electron chi connectivity index (χ2n) is 4.60. The Bertz CT molecular complexity index is 573. The zero-order valence-corrected chi connectivity index (χ0v) is 14.0. The molecule has 0 aliphatic carbocycles. The van der Waals surface area contributed by atoms with Gasteiger partial charge in [0.2, 0.25) is 0 Å². The van der Waals surface area contributed by atoms with Gasteiger partial charge in [-0.3, -0.25) is 0 Å². The molecule has 1 aromatic heterocycles. The molecule has 1 unspecified atom stereocenters. The summed E-state index contributed by atoms with van der Waals surface area (Å²) in [6.45, 7) is 2.13. The van der Waals surface area contributed by atoms with Gasteiger partial charge in [-0.1, -0.05) is 33.8 Å².